The van der Waals surface area contributed by atoms with Crippen molar-refractivity contribution in [2.24, 2.45) is 5.92 Å². The second-order valence-electron chi connectivity index (χ2n) is 6.19. The van der Waals surface area contributed by atoms with E-state index in [1.807, 2.05) is 31.2 Å². The molecule has 1 aromatic carbocycles. The maximum absolute atomic E-state index is 12.6. The molecule has 0 saturated heterocycles. The lowest BCUT2D eigenvalue weighted by molar-refractivity contribution is -0.142. The average molecular weight is 312 g/mol. The maximum Gasteiger partial charge on any atom is 0.306 e. The third-order valence-corrected chi connectivity index (χ3v) is 4.50. The van der Waals surface area contributed by atoms with Gasteiger partial charge in [0, 0.05) is 17.1 Å². The van der Waals surface area contributed by atoms with Crippen LogP contribution in [0.1, 0.15) is 41.7 Å². The van der Waals surface area contributed by atoms with E-state index in [9.17, 15) is 9.59 Å². The molecule has 1 heterocycles. The molecule has 5 heteroatoms. The summed E-state index contributed by atoms with van der Waals surface area (Å²) in [7, 11) is 0. The van der Waals surface area contributed by atoms with Gasteiger partial charge in [-0.3, -0.25) is 14.6 Å². The Kier molecular flexibility index (Phi) is 4.28. The number of aryl methyl sites for hydroxylation is 1. The molecule has 2 N–H and O–H groups in total. The highest BCUT2D eigenvalue weighted by Crippen LogP contribution is 2.25. The molecule has 1 aromatic heterocycles. The molecule has 1 aliphatic rings. The molecular weight excluding hydrogens is 292 g/mol. The first kappa shape index (κ1) is 15.5. The fourth-order valence-electron chi connectivity index (χ4n) is 3.24. The molecule has 0 aliphatic heterocycles. The van der Waals surface area contributed by atoms with Crippen molar-refractivity contribution in [2.45, 2.75) is 38.6 Å². The van der Waals surface area contributed by atoms with Gasteiger partial charge >= 0.3 is 5.97 Å². The van der Waals surface area contributed by atoms with E-state index in [1.54, 1.807) is 6.07 Å². The minimum Gasteiger partial charge on any atom is -0.481 e. The highest BCUT2D eigenvalue weighted by molar-refractivity contribution is 6.06. The second kappa shape index (κ2) is 6.36. The molecular formula is C18H20N2O3. The number of para-hydroxylation sites is 1. The van der Waals surface area contributed by atoms with Crippen LogP contribution in [0.4, 0.5) is 0 Å². The van der Waals surface area contributed by atoms with Crippen LogP contribution in [0.2, 0.25) is 0 Å². The number of carbonyl (C=O) groups is 2. The number of hydrogen-bond acceptors (Lipinski definition) is 3. The number of carboxylic acids is 1. The summed E-state index contributed by atoms with van der Waals surface area (Å²) in [5.74, 6) is -1.11. The van der Waals surface area contributed by atoms with Gasteiger partial charge in [0.2, 0.25) is 0 Å². The highest BCUT2D eigenvalue weighted by Gasteiger charge is 2.27. The normalized spacial score (nSPS) is 21.1. The van der Waals surface area contributed by atoms with E-state index < -0.39 is 5.97 Å². The first-order valence-electron chi connectivity index (χ1n) is 7.94. The van der Waals surface area contributed by atoms with Crippen LogP contribution in [-0.2, 0) is 4.79 Å². The van der Waals surface area contributed by atoms with Crippen LogP contribution in [0.15, 0.2) is 30.3 Å². The molecule has 1 aliphatic carbocycles. The van der Waals surface area contributed by atoms with Crippen molar-refractivity contribution in [2.75, 3.05) is 0 Å². The van der Waals surface area contributed by atoms with Gasteiger partial charge in [-0.25, -0.2) is 0 Å². The molecule has 1 saturated carbocycles. The Morgan fingerprint density at radius 1 is 1.17 bits per heavy atom. The molecule has 1 amide bonds. The molecule has 1 fully saturated rings. The number of amides is 1. The van der Waals surface area contributed by atoms with Crippen molar-refractivity contribution in [1.29, 1.82) is 0 Å². The Hall–Kier alpha value is -2.43. The maximum atomic E-state index is 12.6. The summed E-state index contributed by atoms with van der Waals surface area (Å²) in [5.41, 5.74) is 2.25. The van der Waals surface area contributed by atoms with E-state index in [4.69, 9.17) is 5.11 Å². The van der Waals surface area contributed by atoms with Crippen molar-refractivity contribution in [3.05, 3.63) is 41.6 Å². The summed E-state index contributed by atoms with van der Waals surface area (Å²) in [5, 5.41) is 12.9. The molecule has 120 valence electrons. The predicted molar refractivity (Wildman–Crippen MR) is 87.3 cm³/mol. The second-order valence-corrected chi connectivity index (χ2v) is 6.19. The van der Waals surface area contributed by atoms with Gasteiger partial charge in [-0.1, -0.05) is 18.2 Å². The number of rotatable bonds is 3. The topological polar surface area (TPSA) is 79.3 Å². The van der Waals surface area contributed by atoms with Gasteiger partial charge < -0.3 is 10.4 Å². The number of fused-ring (bicyclic) bond motifs is 1. The van der Waals surface area contributed by atoms with E-state index in [0.29, 0.717) is 31.2 Å². The Bertz CT molecular complexity index is 749. The fraction of sp³-hybridized carbons (Fsp3) is 0.389. The Labute approximate surface area is 134 Å². The van der Waals surface area contributed by atoms with E-state index in [0.717, 1.165) is 16.6 Å². The number of pyridine rings is 1. The van der Waals surface area contributed by atoms with E-state index in [2.05, 4.69) is 10.3 Å². The molecule has 0 spiro atoms. The number of carboxylic acid groups (broad SMARTS) is 1. The number of benzene rings is 1. The van der Waals surface area contributed by atoms with Crippen molar-refractivity contribution in [3.8, 4) is 0 Å². The molecule has 3 rings (SSSR count). The van der Waals surface area contributed by atoms with Crippen LogP contribution in [-0.4, -0.2) is 28.0 Å². The van der Waals surface area contributed by atoms with Crippen LogP contribution in [0, 0.1) is 12.8 Å². The lowest BCUT2D eigenvalue weighted by atomic mass is 9.86. The van der Waals surface area contributed by atoms with E-state index >= 15 is 0 Å². The Morgan fingerprint density at radius 2 is 1.87 bits per heavy atom. The third-order valence-electron chi connectivity index (χ3n) is 4.50. The summed E-state index contributed by atoms with van der Waals surface area (Å²) in [4.78, 5) is 28.1. The Balaban J connectivity index is 1.76. The van der Waals surface area contributed by atoms with Crippen LogP contribution in [0.25, 0.3) is 10.9 Å². The zero-order valence-corrected chi connectivity index (χ0v) is 13.1. The van der Waals surface area contributed by atoms with Crippen LogP contribution >= 0.6 is 0 Å². The summed E-state index contributed by atoms with van der Waals surface area (Å²) < 4.78 is 0. The SMILES string of the molecule is Cc1cc(C(=O)NC2CCC(C(=O)O)CC2)c2ccccc2n1. The first-order valence-corrected chi connectivity index (χ1v) is 7.94. The third kappa shape index (κ3) is 3.33. The number of aromatic nitrogens is 1. The minimum atomic E-state index is -0.731. The lowest BCUT2D eigenvalue weighted by Crippen LogP contribution is -2.38. The van der Waals surface area contributed by atoms with E-state index in [-0.39, 0.29) is 17.9 Å². The van der Waals surface area contributed by atoms with Crippen molar-refractivity contribution in [3.63, 3.8) is 0 Å². The fourth-order valence-corrected chi connectivity index (χ4v) is 3.24. The van der Waals surface area contributed by atoms with Gasteiger partial charge in [0.15, 0.2) is 0 Å². The van der Waals surface area contributed by atoms with Gasteiger partial charge in [0.25, 0.3) is 5.91 Å². The monoisotopic (exact) mass is 312 g/mol. The van der Waals surface area contributed by atoms with Gasteiger partial charge in [-0.2, -0.15) is 0 Å². The molecule has 0 unspecified atom stereocenters. The predicted octanol–water partition coefficient (Wildman–Crippen LogP) is 2.92. The quantitative estimate of drug-likeness (QED) is 0.913. The summed E-state index contributed by atoms with van der Waals surface area (Å²) in [6.07, 6.45) is 2.67. The van der Waals surface area contributed by atoms with Gasteiger partial charge in [0.05, 0.1) is 17.0 Å². The van der Waals surface area contributed by atoms with Gasteiger partial charge in [0.1, 0.15) is 0 Å². The van der Waals surface area contributed by atoms with Crippen molar-refractivity contribution < 1.29 is 14.7 Å². The molecule has 0 bridgehead atoms. The van der Waals surface area contributed by atoms with E-state index in [1.165, 1.54) is 0 Å². The number of aliphatic carboxylic acids is 1. The number of carbonyl (C=O) groups excluding carboxylic acids is 1. The Morgan fingerprint density at radius 3 is 2.57 bits per heavy atom. The van der Waals surface area contributed by atoms with Gasteiger partial charge in [-0.15, -0.1) is 0 Å². The lowest BCUT2D eigenvalue weighted by Gasteiger charge is -2.27. The zero-order chi connectivity index (χ0) is 16.4. The number of nitrogens with one attached hydrogen (secondary N) is 1. The highest BCUT2D eigenvalue weighted by atomic mass is 16.4. The summed E-state index contributed by atoms with van der Waals surface area (Å²) >= 11 is 0. The number of nitrogens with zero attached hydrogens (tertiary/aromatic N) is 1. The molecule has 0 atom stereocenters. The molecule has 5 nitrogen and oxygen atoms in total. The largest absolute Gasteiger partial charge is 0.481 e. The summed E-state index contributed by atoms with van der Waals surface area (Å²) in [6, 6.07) is 9.46. The number of hydrogen-bond donors (Lipinski definition) is 2. The van der Waals surface area contributed by atoms with Crippen LogP contribution < -0.4 is 5.32 Å². The van der Waals surface area contributed by atoms with Crippen LogP contribution in [0.3, 0.4) is 0 Å². The van der Waals surface area contributed by atoms with Gasteiger partial charge in [-0.05, 0) is 44.7 Å². The zero-order valence-electron chi connectivity index (χ0n) is 13.1. The summed E-state index contributed by atoms with van der Waals surface area (Å²) in [6.45, 7) is 1.88. The smallest absolute Gasteiger partial charge is 0.306 e. The standard InChI is InChI=1S/C18H20N2O3/c1-11-10-15(14-4-2-3-5-16(14)19-11)17(21)20-13-8-6-12(7-9-13)18(22)23/h2-5,10,12-13H,6-9H2,1H3,(H,20,21)(H,22,23). The van der Waals surface area contributed by atoms with Crippen molar-refractivity contribution in [1.82, 2.24) is 10.3 Å². The molecule has 23 heavy (non-hydrogen) atoms. The minimum absolute atomic E-state index is 0.0466. The molecule has 2 aromatic rings. The first-order chi connectivity index (χ1) is 11.0. The van der Waals surface area contributed by atoms with Crippen LogP contribution in [0.5, 0.6) is 0 Å². The van der Waals surface area contributed by atoms with Crippen molar-refractivity contribution >= 4 is 22.8 Å². The average Bonchev–Trinajstić information content (AvgIpc) is 2.54. The molecule has 0 radical (unpaired) electrons.